The van der Waals surface area contributed by atoms with Gasteiger partial charge in [-0.15, -0.1) is 11.3 Å². The Morgan fingerprint density at radius 2 is 2.08 bits per heavy atom. The van der Waals surface area contributed by atoms with Crippen LogP contribution < -0.4 is 0 Å². The average molecular weight is 258 g/mol. The van der Waals surface area contributed by atoms with Crippen molar-refractivity contribution in [3.8, 4) is 0 Å². The van der Waals surface area contributed by atoms with Crippen LogP contribution in [0.2, 0.25) is 9.36 Å². The topological polar surface area (TPSA) is 40.1 Å². The van der Waals surface area contributed by atoms with Gasteiger partial charge in [-0.2, -0.15) is 0 Å². The Balaban J connectivity index is 3.22. The quantitative estimate of drug-likeness (QED) is 0.764. The number of thiophene rings is 1. The predicted molar refractivity (Wildman–Crippen MR) is 56.3 cm³/mol. The Hall–Kier alpha value is 0.390. The van der Waals surface area contributed by atoms with Crippen LogP contribution in [0, 0.1) is 0 Å². The molecule has 0 fully saturated rings. The molecule has 0 radical (unpaired) electrons. The van der Waals surface area contributed by atoms with E-state index in [0.717, 1.165) is 0 Å². The summed E-state index contributed by atoms with van der Waals surface area (Å²) >= 11 is 10.6. The molecule has 1 aromatic heterocycles. The Morgan fingerprint density at radius 1 is 1.54 bits per heavy atom. The Kier molecular flexibility index (Phi) is 3.41. The first-order valence-corrected chi connectivity index (χ1v) is 6.10. The molecule has 1 rings (SSSR count). The fourth-order valence-electron chi connectivity index (χ4n) is 0.816. The molecule has 0 N–H and O–H groups in total. The van der Waals surface area contributed by atoms with Crippen molar-refractivity contribution in [2.45, 2.75) is 18.6 Å². The Bertz CT molecular complexity index is 346. The van der Waals surface area contributed by atoms with Crippen LogP contribution >= 0.6 is 34.5 Å². The van der Waals surface area contributed by atoms with Crippen LogP contribution in [0.25, 0.3) is 0 Å². The third-order valence-corrected chi connectivity index (χ3v) is 4.63. The van der Waals surface area contributed by atoms with Gasteiger partial charge in [-0.1, -0.05) is 23.2 Å². The van der Waals surface area contributed by atoms with Crippen molar-refractivity contribution in [3.63, 3.8) is 0 Å². The highest BCUT2D eigenvalue weighted by molar-refractivity contribution is 7.80. The van der Waals surface area contributed by atoms with E-state index in [-0.39, 0.29) is 0 Å². The summed E-state index contributed by atoms with van der Waals surface area (Å²) in [4.78, 5) is 0. The third kappa shape index (κ3) is 2.07. The fraction of sp³-hybridized carbons (Fsp3) is 0.429. The molecule has 0 aliphatic heterocycles. The smallest absolute Gasteiger partial charge is 0.112 e. The molecule has 0 saturated heterocycles. The second kappa shape index (κ2) is 3.87. The van der Waals surface area contributed by atoms with Gasteiger partial charge in [0.1, 0.15) is 4.34 Å². The van der Waals surface area contributed by atoms with Crippen LogP contribution in [0.15, 0.2) is 5.38 Å². The molecule has 0 amide bonds. The Morgan fingerprint density at radius 3 is 2.38 bits per heavy atom. The van der Waals surface area contributed by atoms with Gasteiger partial charge in [0.15, 0.2) is 0 Å². The van der Waals surface area contributed by atoms with E-state index in [4.69, 9.17) is 23.2 Å². The van der Waals surface area contributed by atoms with Gasteiger partial charge in [0.2, 0.25) is 0 Å². The van der Waals surface area contributed by atoms with Crippen molar-refractivity contribution in [2.24, 2.45) is 0 Å². The maximum atomic E-state index is 10.9. The summed E-state index contributed by atoms with van der Waals surface area (Å²) in [6.07, 6.45) is 0. The van der Waals surface area contributed by atoms with Crippen molar-refractivity contribution >= 4 is 45.6 Å². The molecule has 13 heavy (non-hydrogen) atoms. The van der Waals surface area contributed by atoms with Crippen LogP contribution in [-0.2, 0) is 15.8 Å². The molecule has 1 atom stereocenters. The monoisotopic (exact) mass is 257 g/mol. The summed E-state index contributed by atoms with van der Waals surface area (Å²) in [5.74, 6) is 0. The first kappa shape index (κ1) is 11.5. The van der Waals surface area contributed by atoms with E-state index >= 15 is 0 Å². The highest BCUT2D eigenvalue weighted by Gasteiger charge is 2.26. The maximum Gasteiger partial charge on any atom is 0.112 e. The molecule has 2 nitrogen and oxygen atoms in total. The van der Waals surface area contributed by atoms with E-state index in [1.54, 1.807) is 19.2 Å². The minimum Gasteiger partial charge on any atom is -0.772 e. The standard InChI is InChI=1S/C7H8Cl2O2S2/c1-7(2,13(10)11)4-3-12-6(9)5(4)8/h3H,1-2H3,(H,10,11)/p-1. The predicted octanol–water partition coefficient (Wildman–Crippen LogP) is 3.17. The number of halogens is 2. The number of rotatable bonds is 2. The SMILES string of the molecule is CC(C)(c1csc(Cl)c1Cl)S(=O)[O-]. The molecule has 1 aromatic rings. The van der Waals surface area contributed by atoms with Crippen LogP contribution in [-0.4, -0.2) is 8.76 Å². The minimum atomic E-state index is -2.21. The van der Waals surface area contributed by atoms with Gasteiger partial charge in [-0.25, -0.2) is 0 Å². The van der Waals surface area contributed by atoms with Gasteiger partial charge in [0, 0.05) is 0 Å². The molecule has 0 bridgehead atoms. The molecule has 1 unspecified atom stereocenters. The van der Waals surface area contributed by atoms with E-state index in [9.17, 15) is 8.76 Å². The molecule has 0 spiro atoms. The van der Waals surface area contributed by atoms with Gasteiger partial charge < -0.3 is 4.55 Å². The first-order chi connectivity index (χ1) is 5.87. The zero-order valence-corrected chi connectivity index (χ0v) is 10.1. The third-order valence-electron chi connectivity index (χ3n) is 1.75. The molecular weight excluding hydrogens is 251 g/mol. The molecule has 6 heteroatoms. The lowest BCUT2D eigenvalue weighted by Gasteiger charge is -2.27. The highest BCUT2D eigenvalue weighted by Crippen LogP contribution is 2.40. The summed E-state index contributed by atoms with van der Waals surface area (Å²) < 4.78 is 21.2. The normalized spacial score (nSPS) is 14.5. The lowest BCUT2D eigenvalue weighted by Crippen LogP contribution is -2.22. The van der Waals surface area contributed by atoms with E-state index in [2.05, 4.69) is 0 Å². The minimum absolute atomic E-state index is 0.334. The Labute approximate surface area is 93.2 Å². The lowest BCUT2D eigenvalue weighted by atomic mass is 10.1. The van der Waals surface area contributed by atoms with Gasteiger partial charge in [0.05, 0.1) is 9.77 Å². The second-order valence-corrected chi connectivity index (χ2v) is 6.33. The molecule has 74 valence electrons. The molecule has 1 heterocycles. The summed E-state index contributed by atoms with van der Waals surface area (Å²) in [6.45, 7) is 3.17. The summed E-state index contributed by atoms with van der Waals surface area (Å²) in [5, 5.41) is 2.00. The number of hydrogen-bond acceptors (Lipinski definition) is 3. The summed E-state index contributed by atoms with van der Waals surface area (Å²) in [6, 6.07) is 0. The van der Waals surface area contributed by atoms with Gasteiger partial charge in [0.25, 0.3) is 0 Å². The molecule has 0 aromatic carbocycles. The molecule has 0 aliphatic rings. The van der Waals surface area contributed by atoms with Gasteiger partial charge in [-0.05, 0) is 35.9 Å². The van der Waals surface area contributed by atoms with E-state index < -0.39 is 15.8 Å². The largest absolute Gasteiger partial charge is 0.772 e. The van der Waals surface area contributed by atoms with Gasteiger partial charge >= 0.3 is 0 Å². The fourth-order valence-corrected chi connectivity index (χ4v) is 2.86. The van der Waals surface area contributed by atoms with E-state index in [1.807, 2.05) is 0 Å². The van der Waals surface area contributed by atoms with Crippen molar-refractivity contribution in [1.82, 2.24) is 0 Å². The zero-order valence-electron chi connectivity index (χ0n) is 6.97. The van der Waals surface area contributed by atoms with E-state index in [0.29, 0.717) is 14.9 Å². The van der Waals surface area contributed by atoms with Crippen molar-refractivity contribution in [1.29, 1.82) is 0 Å². The van der Waals surface area contributed by atoms with Crippen molar-refractivity contribution < 1.29 is 8.76 Å². The van der Waals surface area contributed by atoms with Crippen molar-refractivity contribution in [2.75, 3.05) is 0 Å². The number of hydrogen-bond donors (Lipinski definition) is 0. The highest BCUT2D eigenvalue weighted by atomic mass is 35.5. The van der Waals surface area contributed by atoms with Crippen molar-refractivity contribution in [3.05, 3.63) is 20.3 Å². The summed E-state index contributed by atoms with van der Waals surface area (Å²) in [5.41, 5.74) is 0.553. The molecular formula is C7H7Cl2O2S2-. The van der Waals surface area contributed by atoms with Crippen LogP contribution in [0.3, 0.4) is 0 Å². The molecule has 0 saturated carbocycles. The maximum absolute atomic E-state index is 10.9. The van der Waals surface area contributed by atoms with Gasteiger partial charge in [-0.3, -0.25) is 4.21 Å². The van der Waals surface area contributed by atoms with Crippen LogP contribution in [0.5, 0.6) is 0 Å². The molecule has 0 aliphatic carbocycles. The van der Waals surface area contributed by atoms with Crippen LogP contribution in [0.4, 0.5) is 0 Å². The zero-order chi connectivity index (χ0) is 10.2. The first-order valence-electron chi connectivity index (χ1n) is 3.39. The lowest BCUT2D eigenvalue weighted by molar-refractivity contribution is 0.500. The van der Waals surface area contributed by atoms with E-state index in [1.165, 1.54) is 11.3 Å². The van der Waals surface area contributed by atoms with Crippen LogP contribution in [0.1, 0.15) is 19.4 Å². The summed E-state index contributed by atoms with van der Waals surface area (Å²) in [7, 11) is 0. The second-order valence-electron chi connectivity index (χ2n) is 2.98. The average Bonchev–Trinajstić information content (AvgIpc) is 2.33.